The van der Waals surface area contributed by atoms with Crippen LogP contribution in [0.4, 0.5) is 0 Å². The van der Waals surface area contributed by atoms with E-state index in [2.05, 4.69) is 18.8 Å². The van der Waals surface area contributed by atoms with E-state index < -0.39 is 40.6 Å². The van der Waals surface area contributed by atoms with E-state index >= 15 is 0 Å². The van der Waals surface area contributed by atoms with Crippen molar-refractivity contribution in [2.45, 2.75) is 31.0 Å². The molecule has 35 heavy (non-hydrogen) atoms. The fraction of sp³-hybridized carbons (Fsp3) is 0.480. The van der Waals surface area contributed by atoms with Gasteiger partial charge < -0.3 is 33.9 Å². The standard InChI is InChI=1S/C25H33ClO8S/c1-30-20-13-16(12-18(26)24(20)33-17-8-6-5-7-9-17)25(29)32-15-21-23(28)19(27)14-22(34-21)31-10-11-35(2,3)4/h5-9,12-13,19,21-23,27-28H,10-11,14-15H2,1-4H3/t19-,21-,22-,23+/m1/s1. The molecule has 194 valence electrons. The third-order valence-electron chi connectivity index (χ3n) is 5.34. The zero-order chi connectivity index (χ0) is 25.6. The van der Waals surface area contributed by atoms with Gasteiger partial charge in [-0.2, -0.15) is 0 Å². The predicted molar refractivity (Wildman–Crippen MR) is 136 cm³/mol. The van der Waals surface area contributed by atoms with Gasteiger partial charge in [0.1, 0.15) is 24.6 Å². The molecule has 1 aliphatic heterocycles. The van der Waals surface area contributed by atoms with Crippen LogP contribution < -0.4 is 9.47 Å². The maximum atomic E-state index is 12.7. The van der Waals surface area contributed by atoms with Crippen molar-refractivity contribution in [2.75, 3.05) is 44.8 Å². The minimum Gasteiger partial charge on any atom is -0.493 e. The van der Waals surface area contributed by atoms with Gasteiger partial charge in [0, 0.05) is 12.2 Å². The van der Waals surface area contributed by atoms with Crippen molar-refractivity contribution >= 4 is 27.6 Å². The van der Waals surface area contributed by atoms with Crippen molar-refractivity contribution < 1.29 is 38.7 Å². The number of para-hydroxylation sites is 1. The Bertz CT molecular complexity index is 981. The van der Waals surface area contributed by atoms with Crippen molar-refractivity contribution in [3.8, 4) is 17.2 Å². The molecular formula is C25H33ClO8S. The highest BCUT2D eigenvalue weighted by molar-refractivity contribution is 8.32. The summed E-state index contributed by atoms with van der Waals surface area (Å²) in [7, 11) is 0.701. The average molecular weight is 529 g/mol. The zero-order valence-corrected chi connectivity index (χ0v) is 21.9. The van der Waals surface area contributed by atoms with Crippen LogP contribution in [0.1, 0.15) is 16.8 Å². The van der Waals surface area contributed by atoms with E-state index in [1.807, 2.05) is 18.2 Å². The highest BCUT2D eigenvalue weighted by Crippen LogP contribution is 2.39. The summed E-state index contributed by atoms with van der Waals surface area (Å²) in [5.41, 5.74) is 0.138. The lowest BCUT2D eigenvalue weighted by molar-refractivity contribution is -0.255. The fourth-order valence-electron chi connectivity index (χ4n) is 3.37. The third-order valence-corrected chi connectivity index (χ3v) is 7.01. The smallest absolute Gasteiger partial charge is 0.338 e. The molecule has 0 unspecified atom stereocenters. The molecule has 3 rings (SSSR count). The van der Waals surface area contributed by atoms with Crippen molar-refractivity contribution in [1.82, 2.24) is 0 Å². The first-order chi connectivity index (χ1) is 16.6. The maximum absolute atomic E-state index is 12.7. The van der Waals surface area contributed by atoms with Gasteiger partial charge in [0.15, 0.2) is 17.8 Å². The molecule has 1 saturated heterocycles. The summed E-state index contributed by atoms with van der Waals surface area (Å²) in [6, 6.07) is 11.9. The Hall–Kier alpha value is -2.01. The number of methoxy groups -OCH3 is 1. The average Bonchev–Trinajstić information content (AvgIpc) is 2.81. The molecule has 4 atom stereocenters. The minimum atomic E-state index is -1.21. The van der Waals surface area contributed by atoms with E-state index in [1.54, 1.807) is 12.1 Å². The molecule has 0 saturated carbocycles. The molecule has 10 heteroatoms. The molecule has 2 aromatic rings. The molecule has 0 spiro atoms. The lowest BCUT2D eigenvalue weighted by Crippen LogP contribution is -2.51. The summed E-state index contributed by atoms with van der Waals surface area (Å²) in [4.78, 5) is 12.7. The molecule has 0 bridgehead atoms. The summed E-state index contributed by atoms with van der Waals surface area (Å²) < 4.78 is 28.0. The van der Waals surface area contributed by atoms with Crippen LogP contribution in [-0.4, -0.2) is 85.6 Å². The second-order valence-corrected chi connectivity index (χ2v) is 14.1. The quantitative estimate of drug-likeness (QED) is 0.448. The van der Waals surface area contributed by atoms with Gasteiger partial charge >= 0.3 is 5.97 Å². The normalized spacial score (nSPS) is 22.9. The number of rotatable bonds is 10. The summed E-state index contributed by atoms with van der Waals surface area (Å²) in [6.07, 6.45) is 2.79. The van der Waals surface area contributed by atoms with Gasteiger partial charge in [-0.1, -0.05) is 29.8 Å². The van der Waals surface area contributed by atoms with Gasteiger partial charge in [-0.15, -0.1) is 0 Å². The molecule has 1 aliphatic rings. The van der Waals surface area contributed by atoms with Gasteiger partial charge in [-0.05, 0) is 43.0 Å². The number of benzene rings is 2. The molecule has 1 fully saturated rings. The molecule has 2 aromatic carbocycles. The van der Waals surface area contributed by atoms with Crippen LogP contribution >= 0.6 is 21.6 Å². The topological polar surface area (TPSA) is 104 Å². The van der Waals surface area contributed by atoms with E-state index in [-0.39, 0.29) is 35.1 Å². The second kappa shape index (κ2) is 12.3. The van der Waals surface area contributed by atoms with Gasteiger partial charge in [0.2, 0.25) is 0 Å². The minimum absolute atomic E-state index is 0.138. The molecule has 0 amide bonds. The highest BCUT2D eigenvalue weighted by Gasteiger charge is 2.38. The van der Waals surface area contributed by atoms with Gasteiger partial charge in [-0.3, -0.25) is 0 Å². The molecule has 0 aliphatic carbocycles. The van der Waals surface area contributed by atoms with E-state index in [4.69, 9.17) is 35.3 Å². The highest BCUT2D eigenvalue weighted by atomic mass is 35.5. The zero-order valence-electron chi connectivity index (χ0n) is 20.3. The molecule has 0 aromatic heterocycles. The Labute approximate surface area is 212 Å². The van der Waals surface area contributed by atoms with Crippen molar-refractivity contribution in [1.29, 1.82) is 0 Å². The summed E-state index contributed by atoms with van der Waals surface area (Å²) >= 11 is 6.37. The fourth-order valence-corrected chi connectivity index (χ4v) is 4.22. The molecular weight excluding hydrogens is 496 g/mol. The first-order valence-corrected chi connectivity index (χ1v) is 14.5. The van der Waals surface area contributed by atoms with Crippen molar-refractivity contribution in [3.63, 3.8) is 0 Å². The SMILES string of the molecule is COc1cc(C(=O)OC[C@H]2O[C@@H](OCCS(C)(C)C)C[C@@H](O)[C@@H]2O)cc(Cl)c1Oc1ccccc1. The van der Waals surface area contributed by atoms with Crippen molar-refractivity contribution in [3.05, 3.63) is 53.1 Å². The van der Waals surface area contributed by atoms with Gasteiger partial charge in [0.25, 0.3) is 0 Å². The molecule has 1 heterocycles. The maximum Gasteiger partial charge on any atom is 0.338 e. The number of aliphatic hydroxyl groups is 2. The molecule has 0 radical (unpaired) electrons. The van der Waals surface area contributed by atoms with Crippen LogP contribution in [0.3, 0.4) is 0 Å². The Morgan fingerprint density at radius 2 is 1.89 bits per heavy atom. The van der Waals surface area contributed by atoms with Crippen LogP contribution in [-0.2, 0) is 14.2 Å². The second-order valence-electron chi connectivity index (χ2n) is 9.07. The monoisotopic (exact) mass is 528 g/mol. The lowest BCUT2D eigenvalue weighted by Gasteiger charge is -2.37. The Morgan fingerprint density at radius 1 is 1.17 bits per heavy atom. The lowest BCUT2D eigenvalue weighted by atomic mass is 10.0. The van der Waals surface area contributed by atoms with Gasteiger partial charge in [0.05, 0.1) is 30.4 Å². The van der Waals surface area contributed by atoms with Crippen LogP contribution in [0.25, 0.3) is 0 Å². The van der Waals surface area contributed by atoms with E-state index in [9.17, 15) is 15.0 Å². The van der Waals surface area contributed by atoms with Crippen LogP contribution in [0.5, 0.6) is 17.2 Å². The van der Waals surface area contributed by atoms with Crippen LogP contribution in [0.15, 0.2) is 42.5 Å². The number of halogens is 1. The summed E-state index contributed by atoms with van der Waals surface area (Å²) in [6.45, 7) is 0.207. The largest absolute Gasteiger partial charge is 0.493 e. The third kappa shape index (κ3) is 7.99. The van der Waals surface area contributed by atoms with Crippen LogP contribution in [0.2, 0.25) is 5.02 Å². The number of hydrogen-bond acceptors (Lipinski definition) is 8. The molecule has 8 nitrogen and oxygen atoms in total. The number of ether oxygens (including phenoxy) is 5. The Morgan fingerprint density at radius 3 is 2.54 bits per heavy atom. The van der Waals surface area contributed by atoms with Gasteiger partial charge in [-0.25, -0.2) is 14.8 Å². The summed E-state index contributed by atoms with van der Waals surface area (Å²) in [5.74, 6) is 1.28. The first-order valence-electron chi connectivity index (χ1n) is 11.1. The number of aliphatic hydroxyl groups excluding tert-OH is 2. The number of carbonyl (C=O) groups excluding carboxylic acids is 1. The summed E-state index contributed by atoms with van der Waals surface area (Å²) in [5, 5.41) is 20.7. The Balaban J connectivity index is 1.62. The molecule has 2 N–H and O–H groups in total. The van der Waals surface area contributed by atoms with Crippen molar-refractivity contribution in [2.24, 2.45) is 0 Å². The van der Waals surface area contributed by atoms with E-state index in [0.29, 0.717) is 12.4 Å². The number of carbonyl (C=O) groups is 1. The first kappa shape index (κ1) is 27.6. The van der Waals surface area contributed by atoms with Crippen LogP contribution in [0, 0.1) is 0 Å². The number of hydrogen-bond donors (Lipinski definition) is 2. The van der Waals surface area contributed by atoms with E-state index in [1.165, 1.54) is 19.2 Å². The number of esters is 1. The Kier molecular flexibility index (Phi) is 9.69. The van der Waals surface area contributed by atoms with E-state index in [0.717, 1.165) is 5.75 Å². The predicted octanol–water partition coefficient (Wildman–Crippen LogP) is 3.85.